The van der Waals surface area contributed by atoms with Gasteiger partial charge in [0.05, 0.1) is 17.3 Å². The van der Waals surface area contributed by atoms with Crippen LogP contribution in [0.3, 0.4) is 0 Å². The van der Waals surface area contributed by atoms with Crippen LogP contribution in [-0.4, -0.2) is 32.4 Å². The van der Waals surface area contributed by atoms with Crippen molar-refractivity contribution in [2.24, 2.45) is 0 Å². The molecule has 0 radical (unpaired) electrons. The summed E-state index contributed by atoms with van der Waals surface area (Å²) in [5.41, 5.74) is 2.92. The van der Waals surface area contributed by atoms with Crippen LogP contribution in [0.25, 0.3) is 16.6 Å². The van der Waals surface area contributed by atoms with E-state index in [4.69, 9.17) is 9.47 Å². The molecule has 0 atom stereocenters. The number of carboxylic acid groups (broad SMARTS) is 1. The van der Waals surface area contributed by atoms with E-state index in [1.54, 1.807) is 36.4 Å². The summed E-state index contributed by atoms with van der Waals surface area (Å²) < 4.78 is 19.1. The van der Waals surface area contributed by atoms with Gasteiger partial charge in [-0.25, -0.2) is 4.79 Å². The van der Waals surface area contributed by atoms with Crippen molar-refractivity contribution in [3.8, 4) is 11.5 Å². The standard InChI is InChI=1S/C24H16N2O5S/c27-23(16-7-9-20-21(12-16)31-13-30-20)17(10-14-4-2-1-3-5-14)22(24(28)29)15-6-8-18-19(11-15)26-32-25-18/h1-9,11-12H,10,13H2,(H,28,29)/b22-17+. The highest BCUT2D eigenvalue weighted by molar-refractivity contribution is 7.00. The second kappa shape index (κ2) is 8.24. The van der Waals surface area contributed by atoms with Gasteiger partial charge in [0, 0.05) is 17.6 Å². The lowest BCUT2D eigenvalue weighted by Crippen LogP contribution is -2.14. The van der Waals surface area contributed by atoms with E-state index >= 15 is 0 Å². The van der Waals surface area contributed by atoms with E-state index in [1.807, 2.05) is 30.3 Å². The molecule has 0 spiro atoms. The molecule has 0 amide bonds. The lowest BCUT2D eigenvalue weighted by atomic mass is 9.89. The van der Waals surface area contributed by atoms with Crippen LogP contribution in [0.2, 0.25) is 0 Å². The third-order valence-electron chi connectivity index (χ3n) is 5.19. The van der Waals surface area contributed by atoms with E-state index < -0.39 is 5.97 Å². The summed E-state index contributed by atoms with van der Waals surface area (Å²) in [6.07, 6.45) is 0.156. The molecule has 2 heterocycles. The van der Waals surface area contributed by atoms with Gasteiger partial charge in [0.15, 0.2) is 17.3 Å². The fraction of sp³-hybridized carbons (Fsp3) is 0.0833. The number of aromatic nitrogens is 2. The van der Waals surface area contributed by atoms with Gasteiger partial charge in [-0.2, -0.15) is 8.75 Å². The molecule has 0 aliphatic carbocycles. The van der Waals surface area contributed by atoms with Gasteiger partial charge >= 0.3 is 5.97 Å². The predicted octanol–water partition coefficient (Wildman–Crippen LogP) is 4.38. The second-order valence-electron chi connectivity index (χ2n) is 7.19. The van der Waals surface area contributed by atoms with Crippen LogP contribution in [0, 0.1) is 0 Å². The van der Waals surface area contributed by atoms with Crippen molar-refractivity contribution >= 4 is 40.1 Å². The fourth-order valence-electron chi connectivity index (χ4n) is 3.66. The Morgan fingerprint density at radius 3 is 2.44 bits per heavy atom. The van der Waals surface area contributed by atoms with Crippen LogP contribution in [0.4, 0.5) is 0 Å². The van der Waals surface area contributed by atoms with E-state index in [2.05, 4.69) is 8.75 Å². The topological polar surface area (TPSA) is 98.6 Å². The van der Waals surface area contributed by atoms with E-state index in [-0.39, 0.29) is 30.1 Å². The summed E-state index contributed by atoms with van der Waals surface area (Å²) in [6, 6.07) is 19.2. The first-order valence-electron chi connectivity index (χ1n) is 9.77. The maximum Gasteiger partial charge on any atom is 0.336 e. The fourth-order valence-corrected chi connectivity index (χ4v) is 4.18. The Bertz CT molecular complexity index is 1380. The van der Waals surface area contributed by atoms with Crippen LogP contribution < -0.4 is 9.47 Å². The molecule has 8 heteroatoms. The minimum atomic E-state index is -1.19. The highest BCUT2D eigenvalue weighted by Crippen LogP contribution is 2.34. The van der Waals surface area contributed by atoms with Crippen molar-refractivity contribution in [2.45, 2.75) is 6.42 Å². The number of ether oxygens (including phenoxy) is 2. The SMILES string of the molecule is O=C(O)/C(=C(\Cc1ccccc1)C(=O)c1ccc2c(c1)OCO2)c1ccc2nsnc2c1. The third-order valence-corrected chi connectivity index (χ3v) is 5.75. The zero-order valence-electron chi connectivity index (χ0n) is 16.6. The maximum atomic E-state index is 13.6. The number of carbonyl (C=O) groups excluding carboxylic acids is 1. The molecule has 0 unspecified atom stereocenters. The van der Waals surface area contributed by atoms with Gasteiger partial charge in [-0.1, -0.05) is 36.4 Å². The first kappa shape index (κ1) is 19.9. The lowest BCUT2D eigenvalue weighted by Gasteiger charge is -2.13. The minimum absolute atomic E-state index is 0.0635. The van der Waals surface area contributed by atoms with Gasteiger partial charge in [0.25, 0.3) is 0 Å². The first-order chi connectivity index (χ1) is 15.6. The van der Waals surface area contributed by atoms with Crippen molar-refractivity contribution in [3.63, 3.8) is 0 Å². The smallest absolute Gasteiger partial charge is 0.336 e. The highest BCUT2D eigenvalue weighted by Gasteiger charge is 2.26. The molecule has 32 heavy (non-hydrogen) atoms. The molecule has 0 bridgehead atoms. The molecule has 158 valence electrons. The number of hydrogen-bond acceptors (Lipinski definition) is 7. The Hall–Kier alpha value is -4.04. The summed E-state index contributed by atoms with van der Waals surface area (Å²) in [6.45, 7) is 0.0851. The normalized spacial score (nSPS) is 13.1. The van der Waals surface area contributed by atoms with Crippen molar-refractivity contribution in [1.82, 2.24) is 8.75 Å². The van der Waals surface area contributed by atoms with Gasteiger partial charge in [0.1, 0.15) is 11.0 Å². The van der Waals surface area contributed by atoms with Crippen LogP contribution in [0.5, 0.6) is 11.5 Å². The average molecular weight is 444 g/mol. The molecule has 3 aromatic carbocycles. The highest BCUT2D eigenvalue weighted by atomic mass is 32.1. The quantitative estimate of drug-likeness (QED) is 0.348. The molecule has 7 nitrogen and oxygen atoms in total. The van der Waals surface area contributed by atoms with Crippen molar-refractivity contribution < 1.29 is 24.2 Å². The summed E-state index contributed by atoms with van der Waals surface area (Å²) in [7, 11) is 0. The first-order valence-corrected chi connectivity index (χ1v) is 10.5. The number of aliphatic carboxylic acids is 1. The molecule has 1 aliphatic rings. The zero-order chi connectivity index (χ0) is 22.1. The lowest BCUT2D eigenvalue weighted by molar-refractivity contribution is -0.130. The van der Waals surface area contributed by atoms with Gasteiger partial charge in [-0.15, -0.1) is 0 Å². The Balaban J connectivity index is 1.68. The number of carboxylic acids is 1. The number of carbonyl (C=O) groups is 2. The second-order valence-corrected chi connectivity index (χ2v) is 7.71. The number of Topliss-reactive ketones (excluding diaryl/α,β-unsaturated/α-hetero) is 1. The molecule has 0 saturated heterocycles. The van der Waals surface area contributed by atoms with Crippen molar-refractivity contribution in [1.29, 1.82) is 0 Å². The predicted molar refractivity (Wildman–Crippen MR) is 119 cm³/mol. The molecule has 1 aliphatic heterocycles. The van der Waals surface area contributed by atoms with Crippen molar-refractivity contribution in [3.05, 3.63) is 89.0 Å². The number of benzene rings is 3. The van der Waals surface area contributed by atoms with E-state index in [0.717, 1.165) is 17.3 Å². The third kappa shape index (κ3) is 3.72. The molecule has 1 aromatic heterocycles. The van der Waals surface area contributed by atoms with Gasteiger partial charge in [-0.3, -0.25) is 4.79 Å². The number of hydrogen-bond donors (Lipinski definition) is 1. The summed E-state index contributed by atoms with van der Waals surface area (Å²) in [4.78, 5) is 26.1. The van der Waals surface area contributed by atoms with E-state index in [0.29, 0.717) is 33.7 Å². The number of allylic oxidation sites excluding steroid dienone is 1. The Morgan fingerprint density at radius 1 is 0.875 bits per heavy atom. The number of nitrogens with zero attached hydrogens (tertiary/aromatic N) is 2. The molecular weight excluding hydrogens is 428 g/mol. The number of fused-ring (bicyclic) bond motifs is 2. The van der Waals surface area contributed by atoms with E-state index in [9.17, 15) is 14.7 Å². The molecule has 5 rings (SSSR count). The minimum Gasteiger partial charge on any atom is -0.478 e. The van der Waals surface area contributed by atoms with Crippen LogP contribution in [0.1, 0.15) is 21.5 Å². The monoisotopic (exact) mass is 444 g/mol. The van der Waals surface area contributed by atoms with Crippen molar-refractivity contribution in [2.75, 3.05) is 6.79 Å². The average Bonchev–Trinajstić information content (AvgIpc) is 3.47. The van der Waals surface area contributed by atoms with Gasteiger partial charge in [-0.05, 0) is 41.5 Å². The van der Waals surface area contributed by atoms with Crippen LogP contribution in [0.15, 0.2) is 72.3 Å². The largest absolute Gasteiger partial charge is 0.478 e. The Morgan fingerprint density at radius 2 is 1.62 bits per heavy atom. The van der Waals surface area contributed by atoms with Crippen LogP contribution in [-0.2, 0) is 11.2 Å². The molecule has 1 N–H and O–H groups in total. The zero-order valence-corrected chi connectivity index (χ0v) is 17.5. The Labute approximate surface area is 186 Å². The summed E-state index contributed by atoms with van der Waals surface area (Å²) in [5.74, 6) is -0.564. The molecular formula is C24H16N2O5S. The molecule has 4 aromatic rings. The van der Waals surface area contributed by atoms with E-state index in [1.165, 1.54) is 0 Å². The number of rotatable bonds is 6. The summed E-state index contributed by atoms with van der Waals surface area (Å²) in [5, 5.41) is 10.2. The molecule has 0 saturated carbocycles. The molecule has 0 fully saturated rings. The van der Waals surface area contributed by atoms with Gasteiger partial charge in [0.2, 0.25) is 6.79 Å². The Kier molecular flexibility index (Phi) is 5.12. The number of ketones is 1. The summed E-state index contributed by atoms with van der Waals surface area (Å²) >= 11 is 1.05. The maximum absolute atomic E-state index is 13.6. The van der Waals surface area contributed by atoms with Gasteiger partial charge < -0.3 is 14.6 Å². The van der Waals surface area contributed by atoms with Crippen LogP contribution >= 0.6 is 11.7 Å².